The molecule has 0 atom stereocenters. The standard InChI is InChI=1S/C36H40N10O2/c1-23-29(7-5-9-31(23)33-21-45-19-27(41-17-35(45)43-33)15-37-11-13-39-25(3)47)30-8-6-10-32(24(30)2)34-22-46-20-28(42-18-36(46)44-34)16-38-12-14-40-26(4)48/h5-10,17-22,37-38H,11-16H2,1-4H3,(H,39,47)(H,40,48). The Morgan fingerprint density at radius 1 is 0.604 bits per heavy atom. The Kier molecular flexibility index (Phi) is 9.83. The summed E-state index contributed by atoms with van der Waals surface area (Å²) in [4.78, 5) is 41.1. The lowest BCUT2D eigenvalue weighted by Crippen LogP contribution is -2.30. The molecule has 0 radical (unpaired) electrons. The van der Waals surface area contributed by atoms with Crippen LogP contribution in [0.3, 0.4) is 0 Å². The maximum Gasteiger partial charge on any atom is 0.216 e. The van der Waals surface area contributed by atoms with E-state index < -0.39 is 0 Å². The Hall–Kier alpha value is -5.46. The maximum atomic E-state index is 11.1. The number of amides is 2. The quantitative estimate of drug-likeness (QED) is 0.139. The molecule has 2 aromatic carbocycles. The third-order valence-corrected chi connectivity index (χ3v) is 8.26. The van der Waals surface area contributed by atoms with Gasteiger partial charge in [0.05, 0.1) is 35.2 Å². The van der Waals surface area contributed by atoms with Crippen molar-refractivity contribution >= 4 is 23.1 Å². The van der Waals surface area contributed by atoms with Crippen LogP contribution >= 0.6 is 0 Å². The van der Waals surface area contributed by atoms with Crippen LogP contribution in [-0.2, 0) is 22.7 Å². The Labute approximate surface area is 279 Å². The molecule has 0 saturated carbocycles. The molecule has 0 aliphatic heterocycles. The fourth-order valence-electron chi connectivity index (χ4n) is 5.82. The highest BCUT2D eigenvalue weighted by atomic mass is 16.2. The molecule has 0 spiro atoms. The first kappa shape index (κ1) is 32.5. The summed E-state index contributed by atoms with van der Waals surface area (Å²) in [6, 6.07) is 12.7. The molecule has 0 aliphatic rings. The van der Waals surface area contributed by atoms with Gasteiger partial charge in [0.2, 0.25) is 11.8 Å². The molecule has 0 unspecified atom stereocenters. The summed E-state index contributed by atoms with van der Waals surface area (Å²) in [6.07, 6.45) is 11.7. The highest BCUT2D eigenvalue weighted by Crippen LogP contribution is 2.36. The minimum Gasteiger partial charge on any atom is -0.355 e. The molecular formula is C36H40N10O2. The van der Waals surface area contributed by atoms with Crippen LogP contribution in [0.25, 0.3) is 44.9 Å². The molecule has 48 heavy (non-hydrogen) atoms. The summed E-state index contributed by atoms with van der Waals surface area (Å²) in [5, 5.41) is 12.2. The molecule has 0 saturated heterocycles. The van der Waals surface area contributed by atoms with Crippen molar-refractivity contribution in [2.75, 3.05) is 26.2 Å². The molecule has 6 aromatic rings. The zero-order valence-corrected chi connectivity index (χ0v) is 27.7. The Morgan fingerprint density at radius 2 is 1.02 bits per heavy atom. The van der Waals surface area contributed by atoms with E-state index in [1.807, 2.05) is 33.6 Å². The van der Waals surface area contributed by atoms with Crippen LogP contribution in [0.2, 0.25) is 0 Å². The van der Waals surface area contributed by atoms with Gasteiger partial charge >= 0.3 is 0 Å². The van der Waals surface area contributed by atoms with Crippen LogP contribution in [-0.4, -0.2) is 66.7 Å². The van der Waals surface area contributed by atoms with Gasteiger partial charge in [0.25, 0.3) is 0 Å². The predicted molar refractivity (Wildman–Crippen MR) is 186 cm³/mol. The fraction of sp³-hybridized carbons (Fsp3) is 0.278. The monoisotopic (exact) mass is 644 g/mol. The van der Waals surface area contributed by atoms with Crippen LogP contribution in [0, 0.1) is 13.8 Å². The summed E-state index contributed by atoms with van der Waals surface area (Å²) in [6.45, 7) is 11.0. The number of nitrogens with zero attached hydrogens (tertiary/aromatic N) is 6. The van der Waals surface area contributed by atoms with Crippen molar-refractivity contribution < 1.29 is 9.59 Å². The third-order valence-electron chi connectivity index (χ3n) is 8.26. The van der Waals surface area contributed by atoms with E-state index in [0.29, 0.717) is 39.3 Å². The molecule has 0 bridgehead atoms. The van der Waals surface area contributed by atoms with E-state index >= 15 is 0 Å². The van der Waals surface area contributed by atoms with Gasteiger partial charge in [-0.25, -0.2) is 9.97 Å². The summed E-state index contributed by atoms with van der Waals surface area (Å²) in [7, 11) is 0. The fourth-order valence-corrected chi connectivity index (χ4v) is 5.82. The summed E-state index contributed by atoms with van der Waals surface area (Å²) in [5.74, 6) is -0.0729. The van der Waals surface area contributed by atoms with Crippen molar-refractivity contribution in [3.05, 3.63) is 96.1 Å². The van der Waals surface area contributed by atoms with Gasteiger partial charge in [0, 0.05) is 89.0 Å². The lowest BCUT2D eigenvalue weighted by molar-refractivity contribution is -0.119. The van der Waals surface area contributed by atoms with Crippen molar-refractivity contribution in [2.24, 2.45) is 0 Å². The van der Waals surface area contributed by atoms with Gasteiger partial charge < -0.3 is 30.1 Å². The molecule has 4 N–H and O–H groups in total. The number of benzene rings is 2. The first-order valence-corrected chi connectivity index (χ1v) is 16.0. The third kappa shape index (κ3) is 7.40. The maximum absolute atomic E-state index is 11.1. The largest absolute Gasteiger partial charge is 0.355 e. The Morgan fingerprint density at radius 3 is 1.44 bits per heavy atom. The van der Waals surface area contributed by atoms with Gasteiger partial charge in [-0.2, -0.15) is 0 Å². The predicted octanol–water partition coefficient (Wildman–Crippen LogP) is 3.84. The molecule has 246 valence electrons. The minimum atomic E-state index is -0.0364. The molecule has 0 fully saturated rings. The van der Waals surface area contributed by atoms with Gasteiger partial charge in [0.15, 0.2) is 11.3 Å². The molecule has 6 rings (SSSR count). The van der Waals surface area contributed by atoms with Crippen molar-refractivity contribution in [3.8, 4) is 33.6 Å². The average molecular weight is 645 g/mol. The molecule has 12 nitrogen and oxygen atoms in total. The number of fused-ring (bicyclic) bond motifs is 2. The van der Waals surface area contributed by atoms with Crippen molar-refractivity contribution in [3.63, 3.8) is 0 Å². The van der Waals surface area contributed by atoms with E-state index in [2.05, 4.69) is 81.5 Å². The van der Waals surface area contributed by atoms with Crippen LogP contribution in [0.15, 0.2) is 73.6 Å². The van der Waals surface area contributed by atoms with Gasteiger partial charge in [-0.05, 0) is 36.1 Å². The van der Waals surface area contributed by atoms with Gasteiger partial charge in [-0.1, -0.05) is 36.4 Å². The van der Waals surface area contributed by atoms with E-state index in [4.69, 9.17) is 9.97 Å². The smallest absolute Gasteiger partial charge is 0.216 e. The van der Waals surface area contributed by atoms with Gasteiger partial charge in [-0.15, -0.1) is 0 Å². The second-order valence-corrected chi connectivity index (χ2v) is 11.8. The number of carbonyl (C=O) groups excluding carboxylic acids is 2. The highest BCUT2D eigenvalue weighted by molar-refractivity contribution is 5.83. The second kappa shape index (κ2) is 14.5. The van der Waals surface area contributed by atoms with E-state index in [9.17, 15) is 9.59 Å². The van der Waals surface area contributed by atoms with Crippen LogP contribution in [0.5, 0.6) is 0 Å². The van der Waals surface area contributed by atoms with Gasteiger partial charge in [-0.3, -0.25) is 19.6 Å². The number of hydrogen-bond acceptors (Lipinski definition) is 8. The molecule has 4 aromatic heterocycles. The van der Waals surface area contributed by atoms with E-state index in [1.165, 1.54) is 13.8 Å². The zero-order valence-electron chi connectivity index (χ0n) is 27.7. The topological polar surface area (TPSA) is 143 Å². The van der Waals surface area contributed by atoms with Crippen LogP contribution < -0.4 is 21.3 Å². The van der Waals surface area contributed by atoms with Crippen molar-refractivity contribution in [1.29, 1.82) is 0 Å². The number of carbonyl (C=O) groups is 2. The number of nitrogens with one attached hydrogen (secondary N) is 4. The Bertz CT molecular complexity index is 1950. The molecule has 2 amide bonds. The number of hydrogen-bond donors (Lipinski definition) is 4. The van der Waals surface area contributed by atoms with E-state index in [1.54, 1.807) is 12.4 Å². The minimum absolute atomic E-state index is 0.0364. The highest BCUT2D eigenvalue weighted by Gasteiger charge is 2.16. The van der Waals surface area contributed by atoms with Crippen LogP contribution in [0.4, 0.5) is 0 Å². The summed E-state index contributed by atoms with van der Waals surface area (Å²) >= 11 is 0. The van der Waals surface area contributed by atoms with Crippen molar-refractivity contribution in [1.82, 2.24) is 50.0 Å². The first-order chi connectivity index (χ1) is 23.3. The second-order valence-electron chi connectivity index (χ2n) is 11.8. The number of imidazole rings is 2. The van der Waals surface area contributed by atoms with Crippen molar-refractivity contribution in [2.45, 2.75) is 40.8 Å². The number of aromatic nitrogens is 6. The number of rotatable bonds is 13. The SMILES string of the molecule is CC(=O)NCCNCc1cn2cc(-c3cccc(-c4cccc(-c5cn6cc(CNCCNC(C)=O)ncc6n5)c4C)c3C)nc2cn1. The van der Waals surface area contributed by atoms with Crippen LogP contribution in [0.1, 0.15) is 36.4 Å². The first-order valence-electron chi connectivity index (χ1n) is 16.0. The van der Waals surface area contributed by atoms with Gasteiger partial charge in [0.1, 0.15) is 0 Å². The van der Waals surface area contributed by atoms with E-state index in [0.717, 1.165) is 67.5 Å². The molecule has 12 heteroatoms. The van der Waals surface area contributed by atoms with E-state index in [-0.39, 0.29) is 11.8 Å². The summed E-state index contributed by atoms with van der Waals surface area (Å²) in [5.41, 5.74) is 11.8. The molecular weight excluding hydrogens is 604 g/mol. The zero-order chi connectivity index (χ0) is 33.6. The average Bonchev–Trinajstić information content (AvgIpc) is 3.68. The lowest BCUT2D eigenvalue weighted by Gasteiger charge is -2.14. The molecule has 4 heterocycles. The normalized spacial score (nSPS) is 11.3. The Balaban J connectivity index is 1.21. The molecule has 0 aliphatic carbocycles. The lowest BCUT2D eigenvalue weighted by atomic mass is 9.90. The summed E-state index contributed by atoms with van der Waals surface area (Å²) < 4.78 is 4.02.